The monoisotopic (exact) mass is 428 g/mol. The second-order valence-corrected chi connectivity index (χ2v) is 8.16. The molecule has 0 amide bonds. The maximum Gasteiger partial charge on any atom is 0.150 e. The second kappa shape index (κ2) is 8.39. The van der Waals surface area contributed by atoms with E-state index in [0.717, 1.165) is 32.8 Å². The van der Waals surface area contributed by atoms with Crippen molar-refractivity contribution in [3.63, 3.8) is 0 Å². The standard InChI is InChI=1S/C22H18Cl2N2OS/c1-26(13-16-7-9-19(23)20(24)11-16)22-18-12-17(8-10-21(18)28-25-22)27-14-15-5-3-2-4-6-15/h2-12H,13-14H2,1H3. The van der Waals surface area contributed by atoms with Crippen LogP contribution in [0.2, 0.25) is 10.0 Å². The lowest BCUT2D eigenvalue weighted by Gasteiger charge is -2.17. The van der Waals surface area contributed by atoms with Gasteiger partial charge < -0.3 is 9.64 Å². The Morgan fingerprint density at radius 2 is 1.75 bits per heavy atom. The minimum Gasteiger partial charge on any atom is -0.489 e. The maximum atomic E-state index is 6.14. The van der Waals surface area contributed by atoms with Crippen molar-refractivity contribution in [3.05, 3.63) is 87.9 Å². The van der Waals surface area contributed by atoms with Crippen LogP contribution in [0.1, 0.15) is 11.1 Å². The molecule has 0 aliphatic rings. The normalized spacial score (nSPS) is 11.0. The molecule has 0 unspecified atom stereocenters. The van der Waals surface area contributed by atoms with Crippen LogP contribution in [0.15, 0.2) is 66.7 Å². The molecule has 3 nitrogen and oxygen atoms in total. The molecule has 0 saturated carbocycles. The summed E-state index contributed by atoms with van der Waals surface area (Å²) in [5.41, 5.74) is 2.22. The van der Waals surface area contributed by atoms with Crippen LogP contribution in [-0.2, 0) is 13.2 Å². The topological polar surface area (TPSA) is 25.4 Å². The first-order valence-corrected chi connectivity index (χ1v) is 10.3. The number of benzene rings is 3. The van der Waals surface area contributed by atoms with E-state index in [2.05, 4.69) is 33.5 Å². The summed E-state index contributed by atoms with van der Waals surface area (Å²) in [6, 6.07) is 21.9. The van der Waals surface area contributed by atoms with Gasteiger partial charge in [-0.05, 0) is 53.0 Å². The van der Waals surface area contributed by atoms with Gasteiger partial charge in [0.25, 0.3) is 0 Å². The van der Waals surface area contributed by atoms with Crippen LogP contribution in [-0.4, -0.2) is 11.4 Å². The fraction of sp³-hybridized carbons (Fsp3) is 0.136. The average Bonchev–Trinajstić information content (AvgIpc) is 3.13. The molecular formula is C22H18Cl2N2OS. The van der Waals surface area contributed by atoms with Crippen molar-refractivity contribution in [1.29, 1.82) is 0 Å². The molecule has 6 heteroatoms. The number of nitrogens with zero attached hydrogens (tertiary/aromatic N) is 2. The predicted molar refractivity (Wildman–Crippen MR) is 119 cm³/mol. The van der Waals surface area contributed by atoms with E-state index in [0.29, 0.717) is 23.2 Å². The van der Waals surface area contributed by atoms with Gasteiger partial charge in [0.15, 0.2) is 0 Å². The zero-order valence-electron chi connectivity index (χ0n) is 15.2. The van der Waals surface area contributed by atoms with Crippen molar-refractivity contribution in [1.82, 2.24) is 4.37 Å². The van der Waals surface area contributed by atoms with E-state index in [-0.39, 0.29) is 0 Å². The number of ether oxygens (including phenoxy) is 1. The van der Waals surface area contributed by atoms with Gasteiger partial charge in [0, 0.05) is 19.0 Å². The highest BCUT2D eigenvalue weighted by atomic mass is 35.5. The zero-order valence-corrected chi connectivity index (χ0v) is 17.6. The van der Waals surface area contributed by atoms with Crippen LogP contribution in [0.5, 0.6) is 5.75 Å². The van der Waals surface area contributed by atoms with E-state index >= 15 is 0 Å². The third-order valence-corrected chi connectivity index (χ3v) is 5.99. The van der Waals surface area contributed by atoms with Crippen molar-refractivity contribution >= 4 is 50.6 Å². The lowest BCUT2D eigenvalue weighted by atomic mass is 10.2. The van der Waals surface area contributed by atoms with Crippen molar-refractivity contribution in [3.8, 4) is 5.75 Å². The molecule has 0 atom stereocenters. The Labute approximate surface area is 178 Å². The summed E-state index contributed by atoms with van der Waals surface area (Å²) in [7, 11) is 2.02. The summed E-state index contributed by atoms with van der Waals surface area (Å²) in [6.07, 6.45) is 0. The molecule has 0 aliphatic carbocycles. The molecule has 0 spiro atoms. The van der Waals surface area contributed by atoms with Gasteiger partial charge in [0.1, 0.15) is 18.2 Å². The first-order chi connectivity index (χ1) is 13.6. The summed E-state index contributed by atoms with van der Waals surface area (Å²) < 4.78 is 11.7. The minimum atomic E-state index is 0.540. The highest BCUT2D eigenvalue weighted by molar-refractivity contribution is 7.13. The van der Waals surface area contributed by atoms with Crippen molar-refractivity contribution in [2.24, 2.45) is 0 Å². The summed E-state index contributed by atoms with van der Waals surface area (Å²) in [5, 5.41) is 2.21. The summed E-state index contributed by atoms with van der Waals surface area (Å²) in [6.45, 7) is 1.23. The van der Waals surface area contributed by atoms with Gasteiger partial charge in [0.05, 0.1) is 14.7 Å². The Kier molecular flexibility index (Phi) is 5.72. The maximum absolute atomic E-state index is 6.14. The number of fused-ring (bicyclic) bond motifs is 1. The lowest BCUT2D eigenvalue weighted by Crippen LogP contribution is -2.16. The molecule has 1 heterocycles. The number of anilines is 1. The van der Waals surface area contributed by atoms with Crippen molar-refractivity contribution in [2.75, 3.05) is 11.9 Å². The van der Waals surface area contributed by atoms with Crippen LogP contribution in [0, 0.1) is 0 Å². The number of aromatic nitrogens is 1. The molecule has 0 N–H and O–H groups in total. The van der Waals surface area contributed by atoms with Gasteiger partial charge in [-0.3, -0.25) is 0 Å². The summed E-state index contributed by atoms with van der Waals surface area (Å²) in [4.78, 5) is 2.11. The average molecular weight is 429 g/mol. The van der Waals surface area contributed by atoms with Gasteiger partial charge in [-0.25, -0.2) is 0 Å². The third kappa shape index (κ3) is 4.25. The van der Waals surface area contributed by atoms with E-state index in [9.17, 15) is 0 Å². The highest BCUT2D eigenvalue weighted by Crippen LogP contribution is 2.33. The van der Waals surface area contributed by atoms with E-state index in [4.69, 9.17) is 27.9 Å². The van der Waals surface area contributed by atoms with Gasteiger partial charge in [-0.15, -0.1) is 0 Å². The van der Waals surface area contributed by atoms with Gasteiger partial charge in [0.2, 0.25) is 0 Å². The van der Waals surface area contributed by atoms with Crippen LogP contribution in [0.3, 0.4) is 0 Å². The molecule has 142 valence electrons. The number of rotatable bonds is 6. The van der Waals surface area contributed by atoms with Crippen LogP contribution >= 0.6 is 34.7 Å². The zero-order chi connectivity index (χ0) is 19.5. The van der Waals surface area contributed by atoms with Crippen LogP contribution in [0.25, 0.3) is 10.1 Å². The fourth-order valence-electron chi connectivity index (χ4n) is 3.00. The first kappa shape index (κ1) is 19.1. The number of hydrogen-bond donors (Lipinski definition) is 0. The highest BCUT2D eigenvalue weighted by Gasteiger charge is 2.13. The molecule has 0 radical (unpaired) electrons. The largest absolute Gasteiger partial charge is 0.489 e. The van der Waals surface area contributed by atoms with Gasteiger partial charge in [-0.2, -0.15) is 4.37 Å². The Bertz CT molecular complexity index is 1100. The summed E-state index contributed by atoms with van der Waals surface area (Å²) in [5.74, 6) is 1.76. The molecule has 0 bridgehead atoms. The third-order valence-electron chi connectivity index (χ3n) is 4.44. The second-order valence-electron chi connectivity index (χ2n) is 6.54. The Morgan fingerprint density at radius 3 is 2.54 bits per heavy atom. The number of halogens is 2. The Balaban J connectivity index is 1.54. The van der Waals surface area contributed by atoms with E-state index in [1.54, 1.807) is 0 Å². The predicted octanol–water partition coefficient (Wildman–Crippen LogP) is 6.82. The minimum absolute atomic E-state index is 0.540. The lowest BCUT2D eigenvalue weighted by molar-refractivity contribution is 0.306. The van der Waals surface area contributed by atoms with Crippen LogP contribution < -0.4 is 9.64 Å². The van der Waals surface area contributed by atoms with E-state index < -0.39 is 0 Å². The van der Waals surface area contributed by atoms with E-state index in [1.807, 2.05) is 49.5 Å². The SMILES string of the molecule is CN(Cc1ccc(Cl)c(Cl)c1)c1nsc2ccc(OCc3ccccc3)cc12. The number of hydrogen-bond acceptors (Lipinski definition) is 4. The van der Waals surface area contributed by atoms with Crippen molar-refractivity contribution < 1.29 is 4.74 Å². The molecule has 0 fully saturated rings. The van der Waals surface area contributed by atoms with Crippen LogP contribution in [0.4, 0.5) is 5.82 Å². The molecule has 0 aliphatic heterocycles. The summed E-state index contributed by atoms with van der Waals surface area (Å²) >= 11 is 13.6. The molecule has 28 heavy (non-hydrogen) atoms. The van der Waals surface area contributed by atoms with Gasteiger partial charge >= 0.3 is 0 Å². The van der Waals surface area contributed by atoms with E-state index in [1.165, 1.54) is 11.5 Å². The molecule has 3 aromatic carbocycles. The van der Waals surface area contributed by atoms with Gasteiger partial charge in [-0.1, -0.05) is 59.6 Å². The fourth-order valence-corrected chi connectivity index (χ4v) is 4.12. The molecule has 4 aromatic rings. The molecule has 4 rings (SSSR count). The quantitative estimate of drug-likeness (QED) is 0.336. The Morgan fingerprint density at radius 1 is 0.929 bits per heavy atom. The first-order valence-electron chi connectivity index (χ1n) is 8.81. The Hall–Kier alpha value is -2.27. The molecule has 1 aromatic heterocycles. The van der Waals surface area contributed by atoms with Crippen molar-refractivity contribution in [2.45, 2.75) is 13.2 Å². The smallest absolute Gasteiger partial charge is 0.150 e. The molecule has 0 saturated heterocycles. The molecular weight excluding hydrogens is 411 g/mol.